The molecule has 0 spiro atoms. The number of carbonyl (C=O) groups is 1. The maximum atomic E-state index is 13.0. The Morgan fingerprint density at radius 2 is 2.05 bits per heavy atom. The Balaban J connectivity index is 1.82. The first kappa shape index (κ1) is 13.8. The van der Waals surface area contributed by atoms with E-state index in [-0.39, 0.29) is 11.3 Å². The molecule has 0 saturated heterocycles. The van der Waals surface area contributed by atoms with Crippen molar-refractivity contribution in [2.75, 3.05) is 6.54 Å². The number of hydrogen-bond acceptors (Lipinski definition) is 2. The van der Waals surface area contributed by atoms with Crippen molar-refractivity contribution in [1.82, 2.24) is 5.32 Å². The van der Waals surface area contributed by atoms with Gasteiger partial charge in [-0.1, -0.05) is 32.1 Å². The molecule has 1 aromatic carbocycles. The second-order valence-corrected chi connectivity index (χ2v) is 5.21. The van der Waals surface area contributed by atoms with Crippen LogP contribution in [0.2, 0.25) is 0 Å². The number of phenols is 1. The SMILES string of the molecule is O=C(NCCC1CCCCC1)c1cc(F)ccc1O. The van der Waals surface area contributed by atoms with Crippen molar-refractivity contribution in [2.24, 2.45) is 5.92 Å². The van der Waals surface area contributed by atoms with Crippen LogP contribution < -0.4 is 5.32 Å². The average molecular weight is 265 g/mol. The van der Waals surface area contributed by atoms with Crippen LogP contribution in [-0.4, -0.2) is 17.6 Å². The van der Waals surface area contributed by atoms with Gasteiger partial charge in [0.2, 0.25) is 0 Å². The molecule has 0 heterocycles. The van der Waals surface area contributed by atoms with E-state index in [2.05, 4.69) is 5.32 Å². The molecule has 0 bridgehead atoms. The second kappa shape index (κ2) is 6.55. The van der Waals surface area contributed by atoms with Gasteiger partial charge in [-0.2, -0.15) is 0 Å². The van der Waals surface area contributed by atoms with Crippen LogP contribution in [0.4, 0.5) is 4.39 Å². The molecule has 0 aromatic heterocycles. The largest absolute Gasteiger partial charge is 0.507 e. The topological polar surface area (TPSA) is 49.3 Å². The predicted octanol–water partition coefficient (Wildman–Crippen LogP) is 3.23. The van der Waals surface area contributed by atoms with Gasteiger partial charge in [0.15, 0.2) is 0 Å². The molecule has 2 N–H and O–H groups in total. The molecule has 1 fully saturated rings. The monoisotopic (exact) mass is 265 g/mol. The Morgan fingerprint density at radius 1 is 1.32 bits per heavy atom. The van der Waals surface area contributed by atoms with Gasteiger partial charge in [0.25, 0.3) is 5.91 Å². The van der Waals surface area contributed by atoms with Crippen molar-refractivity contribution in [1.29, 1.82) is 0 Å². The fourth-order valence-corrected chi connectivity index (χ4v) is 2.65. The smallest absolute Gasteiger partial charge is 0.255 e. The van der Waals surface area contributed by atoms with Crippen LogP contribution in [0.5, 0.6) is 5.75 Å². The molecule has 0 aliphatic heterocycles. The minimum absolute atomic E-state index is 0.00337. The first-order valence-corrected chi connectivity index (χ1v) is 6.93. The Morgan fingerprint density at radius 3 is 2.79 bits per heavy atom. The number of benzene rings is 1. The normalized spacial score (nSPS) is 16.3. The van der Waals surface area contributed by atoms with Crippen LogP contribution in [0.25, 0.3) is 0 Å². The third kappa shape index (κ3) is 3.94. The summed E-state index contributed by atoms with van der Waals surface area (Å²) in [5.41, 5.74) is 0.00337. The maximum Gasteiger partial charge on any atom is 0.255 e. The van der Waals surface area contributed by atoms with Crippen LogP contribution in [-0.2, 0) is 0 Å². The number of halogens is 1. The van der Waals surface area contributed by atoms with Gasteiger partial charge in [-0.25, -0.2) is 4.39 Å². The number of nitrogens with one attached hydrogen (secondary N) is 1. The molecular weight excluding hydrogens is 245 g/mol. The van der Waals surface area contributed by atoms with E-state index in [1.807, 2.05) is 0 Å². The molecule has 19 heavy (non-hydrogen) atoms. The minimum Gasteiger partial charge on any atom is -0.507 e. The van der Waals surface area contributed by atoms with Gasteiger partial charge in [-0.05, 0) is 30.5 Å². The Hall–Kier alpha value is -1.58. The van der Waals surface area contributed by atoms with Crippen LogP contribution in [0.3, 0.4) is 0 Å². The summed E-state index contributed by atoms with van der Waals surface area (Å²) < 4.78 is 13.0. The lowest BCUT2D eigenvalue weighted by Crippen LogP contribution is -2.26. The third-order valence-corrected chi connectivity index (χ3v) is 3.77. The van der Waals surface area contributed by atoms with Gasteiger partial charge in [0.05, 0.1) is 5.56 Å². The Kier molecular flexibility index (Phi) is 4.77. The Labute approximate surface area is 112 Å². The van der Waals surface area contributed by atoms with E-state index < -0.39 is 11.7 Å². The molecular formula is C15H20FNO2. The van der Waals surface area contributed by atoms with Gasteiger partial charge in [0.1, 0.15) is 11.6 Å². The summed E-state index contributed by atoms with van der Waals surface area (Å²) in [6.07, 6.45) is 7.32. The van der Waals surface area contributed by atoms with E-state index in [1.54, 1.807) is 0 Å². The number of amides is 1. The van der Waals surface area contributed by atoms with Gasteiger partial charge in [0, 0.05) is 6.54 Å². The van der Waals surface area contributed by atoms with E-state index in [9.17, 15) is 14.3 Å². The van der Waals surface area contributed by atoms with E-state index in [0.717, 1.165) is 18.6 Å². The molecule has 3 nitrogen and oxygen atoms in total. The quantitative estimate of drug-likeness (QED) is 0.878. The molecule has 1 aliphatic carbocycles. The number of rotatable bonds is 4. The van der Waals surface area contributed by atoms with Gasteiger partial charge in [-0.15, -0.1) is 0 Å². The number of carbonyl (C=O) groups excluding carboxylic acids is 1. The van der Waals surface area contributed by atoms with Crippen molar-refractivity contribution in [2.45, 2.75) is 38.5 Å². The van der Waals surface area contributed by atoms with Crippen molar-refractivity contribution in [3.63, 3.8) is 0 Å². The molecule has 4 heteroatoms. The van der Waals surface area contributed by atoms with Crippen LogP contribution in [0.1, 0.15) is 48.9 Å². The second-order valence-electron chi connectivity index (χ2n) is 5.21. The van der Waals surface area contributed by atoms with Gasteiger partial charge >= 0.3 is 0 Å². The van der Waals surface area contributed by atoms with E-state index in [1.165, 1.54) is 38.2 Å². The van der Waals surface area contributed by atoms with Gasteiger partial charge in [-0.3, -0.25) is 4.79 Å². The maximum absolute atomic E-state index is 13.0. The summed E-state index contributed by atoms with van der Waals surface area (Å²) in [5, 5.41) is 12.3. The van der Waals surface area contributed by atoms with E-state index >= 15 is 0 Å². The van der Waals surface area contributed by atoms with Crippen molar-refractivity contribution in [3.05, 3.63) is 29.6 Å². The molecule has 1 saturated carbocycles. The highest BCUT2D eigenvalue weighted by atomic mass is 19.1. The van der Waals surface area contributed by atoms with Gasteiger partial charge < -0.3 is 10.4 Å². The summed E-state index contributed by atoms with van der Waals surface area (Å²) in [4.78, 5) is 11.8. The van der Waals surface area contributed by atoms with Crippen LogP contribution >= 0.6 is 0 Å². The summed E-state index contributed by atoms with van der Waals surface area (Å²) in [5.74, 6) is -0.422. The highest BCUT2D eigenvalue weighted by molar-refractivity contribution is 5.96. The summed E-state index contributed by atoms with van der Waals surface area (Å²) >= 11 is 0. The lowest BCUT2D eigenvalue weighted by atomic mass is 9.87. The average Bonchev–Trinajstić information content (AvgIpc) is 2.42. The fraction of sp³-hybridized carbons (Fsp3) is 0.533. The molecule has 1 aliphatic rings. The zero-order valence-corrected chi connectivity index (χ0v) is 11.0. The summed E-state index contributed by atoms with van der Waals surface area (Å²) in [7, 11) is 0. The highest BCUT2D eigenvalue weighted by Gasteiger charge is 2.15. The molecule has 2 rings (SSSR count). The minimum atomic E-state index is -0.518. The zero-order valence-electron chi connectivity index (χ0n) is 11.0. The van der Waals surface area contributed by atoms with Crippen molar-refractivity contribution < 1.29 is 14.3 Å². The standard InChI is InChI=1S/C15H20FNO2/c16-12-6-7-14(18)13(10-12)15(19)17-9-8-11-4-2-1-3-5-11/h6-7,10-11,18H,1-5,8-9H2,(H,17,19). The van der Waals surface area contributed by atoms with Crippen molar-refractivity contribution in [3.8, 4) is 5.75 Å². The van der Waals surface area contributed by atoms with Crippen molar-refractivity contribution >= 4 is 5.91 Å². The highest BCUT2D eigenvalue weighted by Crippen LogP contribution is 2.25. The molecule has 104 valence electrons. The lowest BCUT2D eigenvalue weighted by molar-refractivity contribution is 0.0947. The summed E-state index contributed by atoms with van der Waals surface area (Å²) in [6, 6.07) is 3.39. The predicted molar refractivity (Wildman–Crippen MR) is 71.6 cm³/mol. The van der Waals surface area contributed by atoms with E-state index in [0.29, 0.717) is 12.5 Å². The number of phenolic OH excluding ortho intramolecular Hbond substituents is 1. The fourth-order valence-electron chi connectivity index (χ4n) is 2.65. The first-order valence-electron chi connectivity index (χ1n) is 6.93. The molecule has 0 radical (unpaired) electrons. The molecule has 1 amide bonds. The number of aromatic hydroxyl groups is 1. The zero-order chi connectivity index (χ0) is 13.7. The third-order valence-electron chi connectivity index (χ3n) is 3.77. The molecule has 0 atom stereocenters. The lowest BCUT2D eigenvalue weighted by Gasteiger charge is -2.21. The number of hydrogen-bond donors (Lipinski definition) is 2. The summed E-state index contributed by atoms with van der Waals surface area (Å²) in [6.45, 7) is 0.583. The van der Waals surface area contributed by atoms with Crippen LogP contribution in [0.15, 0.2) is 18.2 Å². The molecule has 0 unspecified atom stereocenters. The Bertz CT molecular complexity index is 442. The molecule has 1 aromatic rings. The first-order chi connectivity index (χ1) is 9.16. The van der Waals surface area contributed by atoms with E-state index in [4.69, 9.17) is 0 Å². The van der Waals surface area contributed by atoms with Crippen LogP contribution in [0, 0.1) is 11.7 Å².